The number of benzene rings is 3. The molecule has 7 heteroatoms. The number of methoxy groups -OCH3 is 1. The lowest BCUT2D eigenvalue weighted by Gasteiger charge is -2.10. The van der Waals surface area contributed by atoms with Gasteiger partial charge in [-0.05, 0) is 59.3 Å². The number of fused-ring (bicyclic) bond motifs is 1. The van der Waals surface area contributed by atoms with Gasteiger partial charge in [-0.3, -0.25) is 9.59 Å². The summed E-state index contributed by atoms with van der Waals surface area (Å²) >= 11 is 0. The van der Waals surface area contributed by atoms with Gasteiger partial charge in [0.2, 0.25) is 0 Å². The minimum Gasteiger partial charge on any atom is -0.490 e. The minimum absolute atomic E-state index is 0.235. The Hall–Kier alpha value is -3.87. The summed E-state index contributed by atoms with van der Waals surface area (Å²) < 4.78 is 20.8. The molecular formula is C23H20O7. The zero-order chi connectivity index (χ0) is 21.5. The summed E-state index contributed by atoms with van der Waals surface area (Å²) in [5, 5.41) is 1.88. The molecular weight excluding hydrogens is 388 g/mol. The van der Waals surface area contributed by atoms with Crippen molar-refractivity contribution in [1.29, 1.82) is 0 Å². The maximum Gasteiger partial charge on any atom is 0.379 e. The van der Waals surface area contributed by atoms with Crippen molar-refractivity contribution in [2.45, 2.75) is 6.92 Å². The van der Waals surface area contributed by atoms with Crippen LogP contribution in [0, 0.1) is 0 Å². The van der Waals surface area contributed by atoms with Gasteiger partial charge >= 0.3 is 11.9 Å². The van der Waals surface area contributed by atoms with E-state index in [9.17, 15) is 14.4 Å². The summed E-state index contributed by atoms with van der Waals surface area (Å²) in [5.41, 5.74) is 0.235. The van der Waals surface area contributed by atoms with Crippen LogP contribution in [0.5, 0.6) is 17.2 Å². The molecule has 0 N–H and O–H groups in total. The Morgan fingerprint density at radius 3 is 1.87 bits per heavy atom. The molecule has 3 aromatic carbocycles. The van der Waals surface area contributed by atoms with Crippen LogP contribution in [0.1, 0.15) is 17.3 Å². The van der Waals surface area contributed by atoms with Gasteiger partial charge in [0.1, 0.15) is 30.5 Å². The number of hydrogen-bond acceptors (Lipinski definition) is 7. The topological polar surface area (TPSA) is 88.1 Å². The van der Waals surface area contributed by atoms with Gasteiger partial charge in [0.05, 0.1) is 7.11 Å². The maximum atomic E-state index is 11.7. The monoisotopic (exact) mass is 408 g/mol. The van der Waals surface area contributed by atoms with E-state index in [-0.39, 0.29) is 11.5 Å². The Bertz CT molecular complexity index is 1070. The molecule has 0 unspecified atom stereocenters. The Balaban J connectivity index is 1.51. The fourth-order valence-electron chi connectivity index (χ4n) is 2.75. The van der Waals surface area contributed by atoms with Crippen LogP contribution < -0.4 is 14.2 Å². The lowest BCUT2D eigenvalue weighted by molar-refractivity contribution is -0.135. The van der Waals surface area contributed by atoms with Gasteiger partial charge in [0.25, 0.3) is 5.78 Å². The predicted octanol–water partition coefficient (Wildman–Crippen LogP) is 3.58. The van der Waals surface area contributed by atoms with Crippen LogP contribution >= 0.6 is 0 Å². The molecule has 30 heavy (non-hydrogen) atoms. The predicted molar refractivity (Wildman–Crippen MR) is 109 cm³/mol. The number of hydrogen-bond donors (Lipinski definition) is 0. The van der Waals surface area contributed by atoms with Gasteiger partial charge in [-0.15, -0.1) is 0 Å². The summed E-state index contributed by atoms with van der Waals surface area (Å²) in [7, 11) is 1.16. The minimum atomic E-state index is -0.907. The molecule has 0 atom stereocenters. The van der Waals surface area contributed by atoms with E-state index in [0.29, 0.717) is 30.5 Å². The molecule has 0 saturated carbocycles. The molecule has 0 aliphatic rings. The molecule has 0 aliphatic heterocycles. The first-order chi connectivity index (χ1) is 14.5. The van der Waals surface area contributed by atoms with E-state index in [1.165, 1.54) is 19.1 Å². The van der Waals surface area contributed by atoms with Crippen LogP contribution in [-0.2, 0) is 14.3 Å². The van der Waals surface area contributed by atoms with E-state index in [4.69, 9.17) is 14.2 Å². The third-order valence-electron chi connectivity index (χ3n) is 4.15. The molecule has 0 spiro atoms. The number of carbonyl (C=O) groups excluding carboxylic acids is 3. The first-order valence-corrected chi connectivity index (χ1v) is 9.17. The van der Waals surface area contributed by atoms with E-state index >= 15 is 0 Å². The van der Waals surface area contributed by atoms with Crippen LogP contribution in [0.15, 0.2) is 60.7 Å². The number of esters is 2. The molecule has 0 radical (unpaired) electrons. The summed E-state index contributed by atoms with van der Waals surface area (Å²) in [4.78, 5) is 34.0. The highest BCUT2D eigenvalue weighted by molar-refractivity contribution is 6.40. The molecule has 0 amide bonds. The molecule has 0 fully saturated rings. The normalized spacial score (nSPS) is 10.3. The second-order valence-electron chi connectivity index (χ2n) is 6.31. The zero-order valence-electron chi connectivity index (χ0n) is 16.5. The quantitative estimate of drug-likeness (QED) is 0.185. The van der Waals surface area contributed by atoms with E-state index < -0.39 is 11.8 Å². The van der Waals surface area contributed by atoms with Crippen LogP contribution in [0.4, 0.5) is 0 Å². The van der Waals surface area contributed by atoms with Crippen molar-refractivity contribution in [1.82, 2.24) is 0 Å². The molecule has 3 aromatic rings. The Kier molecular flexibility index (Phi) is 6.64. The van der Waals surface area contributed by atoms with Crippen molar-refractivity contribution in [3.63, 3.8) is 0 Å². The fraction of sp³-hybridized carbons (Fsp3) is 0.174. The van der Waals surface area contributed by atoms with Crippen molar-refractivity contribution in [2.75, 3.05) is 20.3 Å². The van der Waals surface area contributed by atoms with Gasteiger partial charge in [-0.1, -0.05) is 12.1 Å². The second-order valence-corrected chi connectivity index (χ2v) is 6.31. The summed E-state index contributed by atoms with van der Waals surface area (Å²) in [5.74, 6) is -0.240. The Morgan fingerprint density at radius 2 is 1.27 bits per heavy atom. The van der Waals surface area contributed by atoms with Crippen molar-refractivity contribution in [3.05, 3.63) is 66.2 Å². The van der Waals surface area contributed by atoms with Crippen molar-refractivity contribution in [3.8, 4) is 17.2 Å². The van der Waals surface area contributed by atoms with Gasteiger partial charge in [-0.25, -0.2) is 4.79 Å². The summed E-state index contributed by atoms with van der Waals surface area (Å²) in [6, 6.07) is 17.2. The highest BCUT2D eigenvalue weighted by atomic mass is 16.5. The van der Waals surface area contributed by atoms with Crippen molar-refractivity contribution >= 4 is 28.5 Å². The molecule has 0 saturated heterocycles. The maximum absolute atomic E-state index is 11.7. The SMILES string of the molecule is COC(=O)C(=O)c1ccc(OCCOc2ccc3cc(OC(C)=O)ccc3c2)cc1. The van der Waals surface area contributed by atoms with Gasteiger partial charge in [0, 0.05) is 12.5 Å². The van der Waals surface area contributed by atoms with Gasteiger partial charge in [-0.2, -0.15) is 0 Å². The Labute approximate surface area is 173 Å². The van der Waals surface area contributed by atoms with Crippen LogP contribution in [0.2, 0.25) is 0 Å². The first-order valence-electron chi connectivity index (χ1n) is 9.17. The van der Waals surface area contributed by atoms with Gasteiger partial charge in [0.15, 0.2) is 0 Å². The molecule has 0 aromatic heterocycles. The standard InChI is InChI=1S/C23H20O7/c1-15(24)30-21-10-6-17-13-20(9-5-18(17)14-21)29-12-11-28-19-7-3-16(4-8-19)22(25)23(26)27-2/h3-10,13-14H,11-12H2,1-2H3. The van der Waals surface area contributed by atoms with E-state index in [0.717, 1.165) is 17.9 Å². The Morgan fingerprint density at radius 1 is 0.733 bits per heavy atom. The highest BCUT2D eigenvalue weighted by Crippen LogP contribution is 2.25. The average Bonchev–Trinajstić information content (AvgIpc) is 2.75. The van der Waals surface area contributed by atoms with Crippen molar-refractivity contribution < 1.29 is 33.3 Å². The largest absolute Gasteiger partial charge is 0.490 e. The van der Waals surface area contributed by atoms with E-state index in [2.05, 4.69) is 4.74 Å². The third kappa shape index (κ3) is 5.35. The van der Waals surface area contributed by atoms with Crippen LogP contribution in [0.25, 0.3) is 10.8 Å². The van der Waals surface area contributed by atoms with E-state index in [1.54, 1.807) is 24.3 Å². The zero-order valence-corrected chi connectivity index (χ0v) is 16.5. The molecule has 0 aliphatic carbocycles. The van der Waals surface area contributed by atoms with E-state index in [1.807, 2.05) is 24.3 Å². The first kappa shape index (κ1) is 20.9. The molecule has 0 heterocycles. The van der Waals surface area contributed by atoms with Crippen molar-refractivity contribution in [2.24, 2.45) is 0 Å². The average molecular weight is 408 g/mol. The number of carbonyl (C=O) groups is 3. The molecule has 7 nitrogen and oxygen atoms in total. The van der Waals surface area contributed by atoms with Crippen LogP contribution in [-0.4, -0.2) is 38.0 Å². The third-order valence-corrected chi connectivity index (χ3v) is 4.15. The number of ketones is 1. The number of Topliss-reactive ketones (excluding diaryl/α,β-unsaturated/α-hetero) is 1. The fourth-order valence-corrected chi connectivity index (χ4v) is 2.75. The molecule has 3 rings (SSSR count). The number of rotatable bonds is 8. The molecule has 0 bridgehead atoms. The summed E-state index contributed by atoms with van der Waals surface area (Å²) in [6.07, 6.45) is 0. The van der Waals surface area contributed by atoms with Gasteiger partial charge < -0.3 is 18.9 Å². The van der Waals surface area contributed by atoms with Crippen LogP contribution in [0.3, 0.4) is 0 Å². The number of ether oxygens (including phenoxy) is 4. The smallest absolute Gasteiger partial charge is 0.379 e. The molecule has 154 valence electrons. The second kappa shape index (κ2) is 9.56. The lowest BCUT2D eigenvalue weighted by Crippen LogP contribution is -2.15. The lowest BCUT2D eigenvalue weighted by atomic mass is 10.1. The summed E-state index contributed by atoms with van der Waals surface area (Å²) in [6.45, 7) is 1.98. The highest BCUT2D eigenvalue weighted by Gasteiger charge is 2.16.